The Labute approximate surface area is 127 Å². The molecular weight excluding hydrogens is 268 g/mol. The van der Waals surface area contributed by atoms with Crippen molar-refractivity contribution < 1.29 is 19.0 Å². The van der Waals surface area contributed by atoms with Crippen LogP contribution in [0.5, 0.6) is 0 Å². The molecule has 1 saturated heterocycles. The van der Waals surface area contributed by atoms with E-state index in [1.807, 2.05) is 13.8 Å². The maximum absolute atomic E-state index is 12.0. The number of carbonyl (C=O) groups is 1. The van der Waals surface area contributed by atoms with Gasteiger partial charge in [0.2, 0.25) is 0 Å². The lowest BCUT2D eigenvalue weighted by Crippen LogP contribution is -2.30. The molecule has 1 aliphatic heterocycles. The first-order valence-electron chi connectivity index (χ1n) is 8.28. The number of fused-ring (bicyclic) bond motifs is 1. The van der Waals surface area contributed by atoms with Crippen molar-refractivity contribution in [1.29, 1.82) is 0 Å². The molecule has 4 atom stereocenters. The van der Waals surface area contributed by atoms with Gasteiger partial charge in [0.1, 0.15) is 0 Å². The standard InChI is InChI=1S/C17H28O4/c1-5-19-14(18)12(2)13-8-15(3)10-17(20-6-7-21-17)11-16(15,4)9-13/h12-13H,5-11H2,1-4H3/t12?,13?,15-,16+. The number of hydrogen-bond donors (Lipinski definition) is 0. The molecule has 2 saturated carbocycles. The molecule has 0 N–H and O–H groups in total. The average molecular weight is 296 g/mol. The molecule has 0 radical (unpaired) electrons. The summed E-state index contributed by atoms with van der Waals surface area (Å²) in [7, 11) is 0. The summed E-state index contributed by atoms with van der Waals surface area (Å²) in [6.45, 7) is 10.5. The summed E-state index contributed by atoms with van der Waals surface area (Å²) >= 11 is 0. The first-order valence-corrected chi connectivity index (χ1v) is 8.28. The molecule has 3 fully saturated rings. The van der Waals surface area contributed by atoms with Crippen molar-refractivity contribution >= 4 is 5.97 Å². The van der Waals surface area contributed by atoms with E-state index in [-0.39, 0.29) is 28.5 Å². The van der Waals surface area contributed by atoms with E-state index >= 15 is 0 Å². The van der Waals surface area contributed by atoms with Crippen LogP contribution < -0.4 is 0 Å². The SMILES string of the molecule is CCOC(=O)C(C)C1C[C@@]2(C)CC3(C[C@@]2(C)C1)OCCO3. The van der Waals surface area contributed by atoms with Crippen molar-refractivity contribution in [3.05, 3.63) is 0 Å². The summed E-state index contributed by atoms with van der Waals surface area (Å²) in [4.78, 5) is 12.0. The molecule has 0 aromatic rings. The van der Waals surface area contributed by atoms with Crippen molar-refractivity contribution in [1.82, 2.24) is 0 Å². The predicted octanol–water partition coefficient (Wildman–Crippen LogP) is 3.15. The molecule has 1 spiro atoms. The number of rotatable bonds is 3. The normalized spacial score (nSPS) is 42.2. The second-order valence-corrected chi connectivity index (χ2v) is 7.79. The molecule has 2 unspecified atom stereocenters. The van der Waals surface area contributed by atoms with Crippen LogP contribution in [-0.2, 0) is 19.0 Å². The molecule has 21 heavy (non-hydrogen) atoms. The minimum Gasteiger partial charge on any atom is -0.466 e. The van der Waals surface area contributed by atoms with Gasteiger partial charge in [-0.05, 0) is 36.5 Å². The topological polar surface area (TPSA) is 44.8 Å². The van der Waals surface area contributed by atoms with Gasteiger partial charge >= 0.3 is 5.97 Å². The Balaban J connectivity index is 1.73. The van der Waals surface area contributed by atoms with Gasteiger partial charge < -0.3 is 14.2 Å². The van der Waals surface area contributed by atoms with E-state index in [0.717, 1.165) is 38.9 Å². The van der Waals surface area contributed by atoms with E-state index < -0.39 is 0 Å². The van der Waals surface area contributed by atoms with Gasteiger partial charge in [-0.1, -0.05) is 20.8 Å². The molecule has 0 bridgehead atoms. The zero-order valence-electron chi connectivity index (χ0n) is 13.7. The quantitative estimate of drug-likeness (QED) is 0.751. The highest BCUT2D eigenvalue weighted by atomic mass is 16.7. The fourth-order valence-electron chi connectivity index (χ4n) is 5.07. The second-order valence-electron chi connectivity index (χ2n) is 7.79. The van der Waals surface area contributed by atoms with Crippen LogP contribution in [0, 0.1) is 22.7 Å². The van der Waals surface area contributed by atoms with Crippen LogP contribution in [0.25, 0.3) is 0 Å². The van der Waals surface area contributed by atoms with Gasteiger partial charge in [-0.2, -0.15) is 0 Å². The molecule has 2 aliphatic carbocycles. The van der Waals surface area contributed by atoms with Crippen LogP contribution in [0.3, 0.4) is 0 Å². The summed E-state index contributed by atoms with van der Waals surface area (Å²) in [6.07, 6.45) is 4.06. The summed E-state index contributed by atoms with van der Waals surface area (Å²) in [5.74, 6) is 0.0165. The highest BCUT2D eigenvalue weighted by Gasteiger charge is 2.65. The van der Waals surface area contributed by atoms with Crippen LogP contribution in [0.1, 0.15) is 53.4 Å². The van der Waals surface area contributed by atoms with Crippen molar-refractivity contribution in [2.75, 3.05) is 19.8 Å². The van der Waals surface area contributed by atoms with E-state index in [1.54, 1.807) is 0 Å². The summed E-state index contributed by atoms with van der Waals surface area (Å²) in [6, 6.07) is 0. The zero-order chi connectivity index (χ0) is 15.3. The van der Waals surface area contributed by atoms with E-state index in [4.69, 9.17) is 14.2 Å². The Morgan fingerprint density at radius 3 is 2.19 bits per heavy atom. The Bertz CT molecular complexity index is 407. The van der Waals surface area contributed by atoms with Crippen LogP contribution in [0.4, 0.5) is 0 Å². The highest BCUT2D eigenvalue weighted by Crippen LogP contribution is 2.69. The first-order chi connectivity index (χ1) is 9.83. The average Bonchev–Trinajstić information content (AvgIpc) is 2.98. The molecule has 0 amide bonds. The minimum absolute atomic E-state index is 0.00874. The fourth-order valence-corrected chi connectivity index (χ4v) is 5.07. The minimum atomic E-state index is -0.346. The molecule has 3 aliphatic rings. The second kappa shape index (κ2) is 4.95. The van der Waals surface area contributed by atoms with Crippen molar-refractivity contribution in [2.45, 2.75) is 59.2 Å². The molecule has 120 valence electrons. The van der Waals surface area contributed by atoms with Crippen molar-refractivity contribution in [3.63, 3.8) is 0 Å². The predicted molar refractivity (Wildman–Crippen MR) is 78.6 cm³/mol. The van der Waals surface area contributed by atoms with Crippen molar-refractivity contribution in [3.8, 4) is 0 Å². The number of ether oxygens (including phenoxy) is 3. The molecular formula is C17H28O4. The third-order valence-corrected chi connectivity index (χ3v) is 6.38. The van der Waals surface area contributed by atoms with Gasteiger partial charge in [-0.3, -0.25) is 4.79 Å². The van der Waals surface area contributed by atoms with Gasteiger partial charge in [-0.15, -0.1) is 0 Å². The third kappa shape index (κ3) is 2.31. The lowest BCUT2D eigenvalue weighted by atomic mass is 9.71. The summed E-state index contributed by atoms with van der Waals surface area (Å²) in [5.41, 5.74) is 0.394. The fraction of sp³-hybridized carbons (Fsp3) is 0.941. The van der Waals surface area contributed by atoms with Gasteiger partial charge in [0, 0.05) is 12.8 Å². The van der Waals surface area contributed by atoms with E-state index in [9.17, 15) is 4.79 Å². The Morgan fingerprint density at radius 1 is 1.19 bits per heavy atom. The monoisotopic (exact) mass is 296 g/mol. The van der Waals surface area contributed by atoms with Gasteiger partial charge in [0.25, 0.3) is 0 Å². The van der Waals surface area contributed by atoms with E-state index in [2.05, 4.69) is 13.8 Å². The number of hydrogen-bond acceptors (Lipinski definition) is 4. The van der Waals surface area contributed by atoms with Crippen LogP contribution in [0.2, 0.25) is 0 Å². The molecule has 4 nitrogen and oxygen atoms in total. The molecule has 4 heteroatoms. The summed E-state index contributed by atoms with van der Waals surface area (Å²) in [5, 5.41) is 0. The van der Waals surface area contributed by atoms with Crippen LogP contribution >= 0.6 is 0 Å². The third-order valence-electron chi connectivity index (χ3n) is 6.38. The van der Waals surface area contributed by atoms with Gasteiger partial charge in [0.05, 0.1) is 25.7 Å². The number of carbonyl (C=O) groups excluding carboxylic acids is 1. The van der Waals surface area contributed by atoms with Gasteiger partial charge in [0.15, 0.2) is 5.79 Å². The van der Waals surface area contributed by atoms with Crippen molar-refractivity contribution in [2.24, 2.45) is 22.7 Å². The maximum atomic E-state index is 12.0. The van der Waals surface area contributed by atoms with Crippen LogP contribution in [-0.4, -0.2) is 31.6 Å². The Morgan fingerprint density at radius 2 is 1.71 bits per heavy atom. The maximum Gasteiger partial charge on any atom is 0.308 e. The highest BCUT2D eigenvalue weighted by molar-refractivity contribution is 5.72. The van der Waals surface area contributed by atoms with E-state index in [0.29, 0.717) is 12.5 Å². The molecule has 1 heterocycles. The lowest BCUT2D eigenvalue weighted by Gasteiger charge is -2.33. The zero-order valence-corrected chi connectivity index (χ0v) is 13.7. The first kappa shape index (κ1) is 15.3. The van der Waals surface area contributed by atoms with Crippen LogP contribution in [0.15, 0.2) is 0 Å². The molecule has 0 aromatic carbocycles. The van der Waals surface area contributed by atoms with E-state index in [1.165, 1.54) is 0 Å². The Hall–Kier alpha value is -0.610. The molecule has 0 aromatic heterocycles. The largest absolute Gasteiger partial charge is 0.466 e. The van der Waals surface area contributed by atoms with Gasteiger partial charge in [-0.25, -0.2) is 0 Å². The number of esters is 1. The summed E-state index contributed by atoms with van der Waals surface area (Å²) < 4.78 is 17.1. The lowest BCUT2D eigenvalue weighted by molar-refractivity contribution is -0.161. The molecule has 3 rings (SSSR count). The smallest absolute Gasteiger partial charge is 0.308 e. The Kier molecular flexibility index (Phi) is 3.61.